The van der Waals surface area contributed by atoms with Crippen LogP contribution in [0.4, 0.5) is 0 Å². The second kappa shape index (κ2) is 6.90. The predicted molar refractivity (Wildman–Crippen MR) is 93.8 cm³/mol. The first-order valence-electron chi connectivity index (χ1n) is 7.18. The number of piperazine rings is 1. The van der Waals surface area contributed by atoms with Crippen molar-refractivity contribution in [1.82, 2.24) is 19.2 Å². The number of aryl methyl sites for hydroxylation is 3. The zero-order valence-electron chi connectivity index (χ0n) is 13.3. The Kier molecular flexibility index (Phi) is 5.52. The molecule has 128 valence electrons. The summed E-state index contributed by atoms with van der Waals surface area (Å²) in [5.74, 6) is 0.765. The molecule has 6 nitrogen and oxygen atoms in total. The molecule has 23 heavy (non-hydrogen) atoms. The van der Waals surface area contributed by atoms with E-state index in [9.17, 15) is 8.42 Å². The van der Waals surface area contributed by atoms with Crippen molar-refractivity contribution in [3.8, 4) is 0 Å². The molecule has 0 radical (unpaired) electrons. The molecule has 0 spiro atoms. The number of rotatable bonds is 3. The molecule has 0 aliphatic carbocycles. The third kappa shape index (κ3) is 3.32. The summed E-state index contributed by atoms with van der Waals surface area (Å²) in [7, 11) is -1.61. The molecule has 3 rings (SSSR count). The van der Waals surface area contributed by atoms with Gasteiger partial charge in [-0.15, -0.1) is 23.7 Å². The Bertz CT molecular complexity index is 765. The molecule has 1 aliphatic heterocycles. The van der Waals surface area contributed by atoms with Crippen LogP contribution in [0.15, 0.2) is 22.7 Å². The fraction of sp³-hybridized carbons (Fsp3) is 0.500. The molecule has 1 N–H and O–H groups in total. The van der Waals surface area contributed by atoms with Crippen LogP contribution in [0.2, 0.25) is 0 Å². The summed E-state index contributed by atoms with van der Waals surface area (Å²) in [5, 5.41) is 3.26. The van der Waals surface area contributed by atoms with E-state index in [0.717, 1.165) is 16.3 Å². The fourth-order valence-corrected chi connectivity index (χ4v) is 5.91. The van der Waals surface area contributed by atoms with Crippen molar-refractivity contribution in [3.63, 3.8) is 0 Å². The van der Waals surface area contributed by atoms with Crippen LogP contribution < -0.4 is 5.32 Å². The summed E-state index contributed by atoms with van der Waals surface area (Å²) in [4.78, 5) is 5.38. The maximum absolute atomic E-state index is 13.0. The van der Waals surface area contributed by atoms with Gasteiger partial charge in [-0.2, -0.15) is 4.31 Å². The van der Waals surface area contributed by atoms with E-state index in [-0.39, 0.29) is 18.4 Å². The Labute approximate surface area is 147 Å². The van der Waals surface area contributed by atoms with E-state index in [4.69, 9.17) is 0 Å². The lowest BCUT2D eigenvalue weighted by Gasteiger charge is -2.34. The number of sulfonamides is 1. The van der Waals surface area contributed by atoms with Gasteiger partial charge in [-0.3, -0.25) is 0 Å². The summed E-state index contributed by atoms with van der Waals surface area (Å²) in [6.45, 7) is 5.58. The van der Waals surface area contributed by atoms with Crippen molar-refractivity contribution in [2.45, 2.75) is 24.1 Å². The highest BCUT2D eigenvalue weighted by molar-refractivity contribution is 7.91. The predicted octanol–water partition coefficient (Wildman–Crippen LogP) is 1.86. The van der Waals surface area contributed by atoms with Crippen molar-refractivity contribution < 1.29 is 8.42 Å². The van der Waals surface area contributed by atoms with E-state index in [1.807, 2.05) is 31.7 Å². The van der Waals surface area contributed by atoms with Crippen LogP contribution >= 0.6 is 23.7 Å². The number of halogens is 1. The zero-order valence-corrected chi connectivity index (χ0v) is 15.8. The first kappa shape index (κ1) is 18.4. The number of hydrogen-bond acceptors (Lipinski definition) is 5. The van der Waals surface area contributed by atoms with Gasteiger partial charge in [0.05, 0.1) is 6.04 Å². The smallest absolute Gasteiger partial charge is 0.253 e. The van der Waals surface area contributed by atoms with Gasteiger partial charge >= 0.3 is 0 Å². The molecule has 0 amide bonds. The van der Waals surface area contributed by atoms with Crippen LogP contribution in [0.3, 0.4) is 0 Å². The normalized spacial score (nSPS) is 19.5. The maximum Gasteiger partial charge on any atom is 0.253 e. The average molecular weight is 377 g/mol. The van der Waals surface area contributed by atoms with Crippen molar-refractivity contribution >= 4 is 33.8 Å². The monoisotopic (exact) mass is 376 g/mol. The van der Waals surface area contributed by atoms with E-state index in [0.29, 0.717) is 23.8 Å². The van der Waals surface area contributed by atoms with Gasteiger partial charge in [0.15, 0.2) is 0 Å². The highest BCUT2D eigenvalue weighted by Gasteiger charge is 2.37. The highest BCUT2D eigenvalue weighted by Crippen LogP contribution is 2.32. The average Bonchev–Trinajstić information content (AvgIpc) is 3.06. The minimum Gasteiger partial charge on any atom is -0.337 e. The summed E-state index contributed by atoms with van der Waals surface area (Å²) in [5.41, 5.74) is 1.02. The summed E-state index contributed by atoms with van der Waals surface area (Å²) in [6, 6.07) is 1.49. The van der Waals surface area contributed by atoms with Crippen molar-refractivity contribution in [1.29, 1.82) is 0 Å². The Hall–Kier alpha value is -0.930. The maximum atomic E-state index is 13.0. The van der Waals surface area contributed by atoms with E-state index >= 15 is 0 Å². The zero-order chi connectivity index (χ0) is 15.9. The molecular formula is C14H21ClN4O2S2. The summed E-state index contributed by atoms with van der Waals surface area (Å²) >= 11 is 1.34. The molecule has 1 unspecified atom stereocenters. The van der Waals surface area contributed by atoms with Gasteiger partial charge in [0, 0.05) is 44.0 Å². The Balaban J connectivity index is 0.00000192. The summed E-state index contributed by atoms with van der Waals surface area (Å²) in [6.07, 6.45) is 3.54. The van der Waals surface area contributed by atoms with Gasteiger partial charge in [0.25, 0.3) is 10.0 Å². The third-order valence-electron chi connectivity index (χ3n) is 4.06. The van der Waals surface area contributed by atoms with E-state index in [2.05, 4.69) is 10.3 Å². The first-order valence-corrected chi connectivity index (χ1v) is 9.43. The van der Waals surface area contributed by atoms with Crippen LogP contribution in [-0.4, -0.2) is 41.9 Å². The van der Waals surface area contributed by atoms with Crippen LogP contribution in [-0.2, 0) is 17.1 Å². The lowest BCUT2D eigenvalue weighted by molar-refractivity contribution is 0.259. The Morgan fingerprint density at radius 2 is 2.13 bits per heavy atom. The number of nitrogens with one attached hydrogen (secondary N) is 1. The minimum absolute atomic E-state index is 0. The largest absolute Gasteiger partial charge is 0.337 e. The highest BCUT2D eigenvalue weighted by atomic mass is 35.5. The molecule has 2 aromatic rings. The fourth-order valence-electron chi connectivity index (χ4n) is 2.67. The van der Waals surface area contributed by atoms with Crippen LogP contribution in [0.1, 0.15) is 22.3 Å². The van der Waals surface area contributed by atoms with Gasteiger partial charge in [-0.25, -0.2) is 13.4 Å². The number of imidazole rings is 1. The van der Waals surface area contributed by atoms with E-state index in [1.54, 1.807) is 16.6 Å². The molecule has 1 fully saturated rings. The molecule has 3 heterocycles. The number of aromatic nitrogens is 2. The topological polar surface area (TPSA) is 67.2 Å². The molecule has 0 saturated carbocycles. The van der Waals surface area contributed by atoms with Gasteiger partial charge in [-0.05, 0) is 25.5 Å². The van der Waals surface area contributed by atoms with Crippen molar-refractivity contribution in [2.24, 2.45) is 7.05 Å². The number of nitrogens with zero attached hydrogens (tertiary/aromatic N) is 3. The second-order valence-corrected chi connectivity index (χ2v) is 8.91. The molecule has 9 heteroatoms. The van der Waals surface area contributed by atoms with E-state index < -0.39 is 10.0 Å². The van der Waals surface area contributed by atoms with Crippen molar-refractivity contribution in [2.75, 3.05) is 19.6 Å². The number of hydrogen-bond donors (Lipinski definition) is 1. The minimum atomic E-state index is -3.50. The molecule has 1 aliphatic rings. The molecule has 0 aromatic carbocycles. The standard InChI is InChI=1S/C14H20N4O2S2.ClH/c1-10-8-13(21-11(10)2)22(19,20)18-7-4-15-9-12(18)14-16-5-6-17(14)3;/h5-6,8,12,15H,4,7,9H2,1-3H3;1H. The first-order chi connectivity index (χ1) is 10.4. The van der Waals surface area contributed by atoms with Crippen LogP contribution in [0.25, 0.3) is 0 Å². The summed E-state index contributed by atoms with van der Waals surface area (Å²) < 4.78 is 30.0. The number of thiophene rings is 1. The molecule has 0 bridgehead atoms. The molecule has 1 saturated heterocycles. The lowest BCUT2D eigenvalue weighted by atomic mass is 10.2. The van der Waals surface area contributed by atoms with E-state index in [1.165, 1.54) is 11.3 Å². The molecule has 1 atom stereocenters. The van der Waals surface area contributed by atoms with Gasteiger partial charge in [-0.1, -0.05) is 0 Å². The quantitative estimate of drug-likeness (QED) is 0.887. The third-order valence-corrected chi connectivity index (χ3v) is 7.57. The van der Waals surface area contributed by atoms with Gasteiger partial charge < -0.3 is 9.88 Å². The van der Waals surface area contributed by atoms with Crippen LogP contribution in [0.5, 0.6) is 0 Å². The lowest BCUT2D eigenvalue weighted by Crippen LogP contribution is -2.49. The molecule has 2 aromatic heterocycles. The van der Waals surface area contributed by atoms with Crippen molar-refractivity contribution in [3.05, 3.63) is 34.7 Å². The second-order valence-electron chi connectivity index (χ2n) is 5.54. The Morgan fingerprint density at radius 1 is 1.39 bits per heavy atom. The Morgan fingerprint density at radius 3 is 2.70 bits per heavy atom. The van der Waals surface area contributed by atoms with Gasteiger partial charge in [0.1, 0.15) is 10.0 Å². The molecular weight excluding hydrogens is 356 g/mol. The SMILES string of the molecule is Cc1cc(S(=O)(=O)N2CCNCC2c2nccn2C)sc1C.Cl. The van der Waals surface area contributed by atoms with Crippen LogP contribution in [0, 0.1) is 13.8 Å². The van der Waals surface area contributed by atoms with Gasteiger partial charge in [0.2, 0.25) is 0 Å².